The van der Waals surface area contributed by atoms with Crippen LogP contribution in [0.2, 0.25) is 6.32 Å². The second kappa shape index (κ2) is 31.4. The molecule has 404 valence electrons. The Morgan fingerprint density at radius 3 is 1.85 bits per heavy atom. The summed E-state index contributed by atoms with van der Waals surface area (Å²) in [7, 11) is 5.31. The van der Waals surface area contributed by atoms with Crippen LogP contribution in [0.25, 0.3) is 0 Å². The number of hydrogen-bond acceptors (Lipinski definition) is 17. The van der Waals surface area contributed by atoms with Crippen molar-refractivity contribution in [3.63, 3.8) is 0 Å². The minimum Gasteiger partial charge on any atom is -0.508 e. The number of unbranched alkanes of at least 4 members (excludes halogenated alkanes) is 1. The Morgan fingerprint density at radius 2 is 1.28 bits per heavy atom. The Labute approximate surface area is 438 Å². The van der Waals surface area contributed by atoms with Gasteiger partial charge < -0.3 is 61.3 Å². The number of nitrogens with zero attached hydrogens (tertiary/aromatic N) is 5. The van der Waals surface area contributed by atoms with E-state index in [1.165, 1.54) is 35.6 Å². The third-order valence-corrected chi connectivity index (χ3v) is 12.5. The molecule has 0 aliphatic carbocycles. The Bertz CT molecular complexity index is 2460. The van der Waals surface area contributed by atoms with Crippen molar-refractivity contribution in [1.82, 2.24) is 46.5 Å². The molecule has 0 aliphatic heterocycles. The maximum Gasteiger partial charge on any atom is 0.326 e. The zero-order chi connectivity index (χ0) is 54.8. The summed E-state index contributed by atoms with van der Waals surface area (Å²) in [6, 6.07) is 7.84. The summed E-state index contributed by atoms with van der Waals surface area (Å²) in [5, 5.41) is 69.3. The second-order valence-corrected chi connectivity index (χ2v) is 18.9. The molecule has 9 N–H and O–H groups in total. The zero-order valence-electron chi connectivity index (χ0n) is 42.0. The fourth-order valence-corrected chi connectivity index (χ4v) is 8.21. The van der Waals surface area contributed by atoms with Crippen molar-refractivity contribution in [3.05, 3.63) is 76.6 Å². The fraction of sp³-hybridized carbons (Fsp3) is 0.510. The summed E-state index contributed by atoms with van der Waals surface area (Å²) in [5.74, 6) is -6.76. The molecule has 3 atom stereocenters. The molecule has 5 amide bonds. The number of carboxylic acid groups (broad SMARTS) is 2. The molecule has 75 heavy (non-hydrogen) atoms. The van der Waals surface area contributed by atoms with Crippen molar-refractivity contribution < 1.29 is 68.3 Å². The van der Waals surface area contributed by atoms with Crippen LogP contribution in [0.1, 0.15) is 99.4 Å². The van der Waals surface area contributed by atoms with Crippen LogP contribution >= 0.6 is 11.3 Å². The molecule has 0 saturated heterocycles. The molecular weight excluding hydrogens is 995 g/mol. The van der Waals surface area contributed by atoms with Gasteiger partial charge in [0.05, 0.1) is 46.2 Å². The van der Waals surface area contributed by atoms with Crippen LogP contribution in [-0.2, 0) is 66.2 Å². The van der Waals surface area contributed by atoms with Gasteiger partial charge in [0.25, 0.3) is 0 Å². The van der Waals surface area contributed by atoms with E-state index < -0.39 is 71.9 Å². The van der Waals surface area contributed by atoms with E-state index in [0.717, 1.165) is 5.01 Å². The quantitative estimate of drug-likeness (QED) is 0.0233. The number of ketones is 1. The molecule has 0 fully saturated rings. The van der Waals surface area contributed by atoms with Gasteiger partial charge in [-0.15, -0.1) is 15.3 Å². The van der Waals surface area contributed by atoms with Crippen LogP contribution in [0.4, 0.5) is 5.13 Å². The van der Waals surface area contributed by atoms with E-state index >= 15 is 0 Å². The number of ether oxygens (including phenoxy) is 2. The first-order valence-corrected chi connectivity index (χ1v) is 25.2. The number of phenolic OH excluding ortho intramolecular Hbond substituents is 2. The number of aliphatic carboxylic acids is 2. The van der Waals surface area contributed by atoms with Crippen molar-refractivity contribution in [2.75, 3.05) is 38.3 Å². The normalized spacial score (nSPS) is 12.5. The number of carboxylic acids is 2. The third-order valence-electron chi connectivity index (χ3n) is 11.8. The lowest BCUT2D eigenvalue weighted by atomic mass is 9.73. The summed E-state index contributed by atoms with van der Waals surface area (Å²) in [6.45, 7) is 4.96. The molecule has 0 unspecified atom stereocenters. The second-order valence-electron chi connectivity index (χ2n) is 17.7. The number of rotatable bonds is 36. The number of aromatic hydroxyl groups is 2. The van der Waals surface area contributed by atoms with Gasteiger partial charge in [0.2, 0.25) is 34.7 Å². The highest BCUT2D eigenvalue weighted by Gasteiger charge is 2.33. The highest BCUT2D eigenvalue weighted by molar-refractivity contribution is 7.15. The van der Waals surface area contributed by atoms with Gasteiger partial charge in [-0.1, -0.05) is 47.7 Å². The van der Waals surface area contributed by atoms with Crippen molar-refractivity contribution in [2.45, 2.75) is 127 Å². The van der Waals surface area contributed by atoms with Crippen LogP contribution in [0, 0.1) is 6.92 Å². The van der Waals surface area contributed by atoms with Gasteiger partial charge in [-0.2, -0.15) is 0 Å². The van der Waals surface area contributed by atoms with Crippen molar-refractivity contribution >= 4 is 71.6 Å². The minimum absolute atomic E-state index is 0.0195. The van der Waals surface area contributed by atoms with Crippen LogP contribution < -0.4 is 26.6 Å². The van der Waals surface area contributed by atoms with E-state index in [-0.39, 0.29) is 81.6 Å². The highest BCUT2D eigenvalue weighted by Crippen LogP contribution is 2.38. The molecule has 0 bridgehead atoms. The first kappa shape index (κ1) is 60.2. The molecule has 4 rings (SSSR count). The molecule has 0 spiro atoms. The molecule has 2 heterocycles. The molecule has 24 nitrogen and oxygen atoms in total. The Morgan fingerprint density at radius 1 is 0.693 bits per heavy atom. The molecule has 26 heteroatoms. The number of carbonyl (C=O) groups excluding carboxylic acids is 6. The van der Waals surface area contributed by atoms with Crippen LogP contribution in [-0.4, -0.2) is 152 Å². The first-order chi connectivity index (χ1) is 35.8. The number of benzene rings is 2. The van der Waals surface area contributed by atoms with E-state index in [2.05, 4.69) is 47.1 Å². The monoisotopic (exact) mass is 1060 g/mol. The summed E-state index contributed by atoms with van der Waals surface area (Å²) in [6.07, 6.45) is 2.97. The SMILES string of the molecule is [B]CC(=O)CCCOCCOCCNC(=O)[C@H](CCCCn1cc(CCCC(=O)Nc2nnc(C)s2)nn1)NC(=O)C[C@H](NC(=O)C[C@H](NC(=O)CCC(C)(c1ccc(O)cc1)c1ccc(O)cc1)C(=O)O)C(=O)O. The number of anilines is 1. The molecule has 0 saturated carbocycles. The topological polar surface area (TPSA) is 353 Å². The molecule has 2 radical (unpaired) electrons. The van der Waals surface area contributed by atoms with E-state index in [9.17, 15) is 58.8 Å². The summed E-state index contributed by atoms with van der Waals surface area (Å²) >= 11 is 1.27. The number of nitrogens with one attached hydrogen (secondary N) is 5. The molecule has 2 aromatic carbocycles. The van der Waals surface area contributed by atoms with Gasteiger partial charge in [0.15, 0.2) is 0 Å². The zero-order valence-corrected chi connectivity index (χ0v) is 42.8. The van der Waals surface area contributed by atoms with E-state index in [1.807, 2.05) is 6.92 Å². The smallest absolute Gasteiger partial charge is 0.326 e. The highest BCUT2D eigenvalue weighted by atomic mass is 32.1. The molecular formula is C49H65BN10O14S. The van der Waals surface area contributed by atoms with Gasteiger partial charge >= 0.3 is 11.9 Å². The van der Waals surface area contributed by atoms with Gasteiger partial charge in [-0.3, -0.25) is 28.7 Å². The molecule has 2 aromatic heterocycles. The lowest BCUT2D eigenvalue weighted by molar-refractivity contribution is -0.145. The molecule has 4 aromatic rings. The van der Waals surface area contributed by atoms with Crippen molar-refractivity contribution in [2.24, 2.45) is 0 Å². The maximum absolute atomic E-state index is 13.4. The van der Waals surface area contributed by atoms with Gasteiger partial charge in [0, 0.05) is 50.6 Å². The van der Waals surface area contributed by atoms with Crippen LogP contribution in [0.5, 0.6) is 11.5 Å². The minimum atomic E-state index is -1.85. The number of aryl methyl sites for hydroxylation is 3. The average Bonchev–Trinajstić information content (AvgIpc) is 4.01. The van der Waals surface area contributed by atoms with E-state index in [4.69, 9.17) is 17.3 Å². The number of amides is 5. The van der Waals surface area contributed by atoms with Gasteiger partial charge in [-0.25, -0.2) is 9.59 Å². The largest absolute Gasteiger partial charge is 0.508 e. The number of aromatic nitrogens is 5. The standard InChI is InChI=1S/C49H65BN10O14S/c1-31-56-58-48(75-31)55-41(64)10-5-7-34-30-60(59-57-34)22-4-3-9-38(45(68)51-21-24-74-26-25-73-23-6-8-37(63)29-50)52-43(66)28-40(47(71)72)54-44(67)27-39(46(69)70)53-42(65)19-20-49(2,32-11-15-35(61)16-12-32)33-13-17-36(62)18-14-33/h11-18,30,38-40,61-62H,3-10,19-29H2,1-2H3,(H,51,68)(H,52,66)(H,53,65)(H,54,67)(H,69,70)(H,71,72)(H,55,58,64)/t38-,39-,40-/m0/s1. The average molecular weight is 1060 g/mol. The summed E-state index contributed by atoms with van der Waals surface area (Å²) in [5.41, 5.74) is 1.25. The lowest BCUT2D eigenvalue weighted by Gasteiger charge is -2.31. The summed E-state index contributed by atoms with van der Waals surface area (Å²) in [4.78, 5) is 101. The van der Waals surface area contributed by atoms with Gasteiger partial charge in [0.1, 0.15) is 40.4 Å². The van der Waals surface area contributed by atoms with Crippen molar-refractivity contribution in [1.29, 1.82) is 0 Å². The maximum atomic E-state index is 13.4. The predicted molar refractivity (Wildman–Crippen MR) is 272 cm³/mol. The molecule has 0 aliphatic rings. The number of phenols is 2. The van der Waals surface area contributed by atoms with Gasteiger partial charge in [-0.05, 0) is 93.6 Å². The van der Waals surface area contributed by atoms with E-state index in [0.29, 0.717) is 73.6 Å². The Kier molecular flexibility index (Phi) is 25.2. The first-order valence-electron chi connectivity index (χ1n) is 24.4. The third kappa shape index (κ3) is 22.0. The Balaban J connectivity index is 1.29. The van der Waals surface area contributed by atoms with Crippen LogP contribution in [0.15, 0.2) is 54.7 Å². The predicted octanol–water partition coefficient (Wildman–Crippen LogP) is 2.26. The summed E-state index contributed by atoms with van der Waals surface area (Å²) < 4.78 is 12.6. The number of hydrogen-bond donors (Lipinski definition) is 9. The van der Waals surface area contributed by atoms with Crippen molar-refractivity contribution in [3.8, 4) is 11.5 Å². The Hall–Kier alpha value is -7.32. The lowest BCUT2D eigenvalue weighted by Crippen LogP contribution is -2.51. The van der Waals surface area contributed by atoms with Crippen LogP contribution in [0.3, 0.4) is 0 Å². The number of carbonyl (C=O) groups is 8. The number of Topliss-reactive ketones (excluding diaryl/α,β-unsaturated/α-hetero) is 1. The fourth-order valence-electron chi connectivity index (χ4n) is 7.60. The van der Waals surface area contributed by atoms with E-state index in [1.54, 1.807) is 42.1 Å².